The van der Waals surface area contributed by atoms with Gasteiger partial charge in [0.25, 0.3) is 0 Å². The van der Waals surface area contributed by atoms with Gasteiger partial charge in [0.15, 0.2) is 5.69 Å². The molecule has 1 atom stereocenters. The number of aryl methyl sites for hydroxylation is 1. The number of likely N-dealkylation sites (tertiary alicyclic amines) is 1. The third kappa shape index (κ3) is 2.04. The molecule has 0 bridgehead atoms. The molecule has 1 fully saturated rings. The molecule has 1 N–H and O–H groups in total. The average molecular weight is 221 g/mol. The molecule has 86 valence electrons. The molecule has 0 saturated carbocycles. The molecule has 1 unspecified atom stereocenters. The van der Waals surface area contributed by atoms with Gasteiger partial charge in [-0.3, -0.25) is 0 Å². The van der Waals surface area contributed by atoms with E-state index in [1.807, 2.05) is 7.05 Å². The molecular formula is C11H15N3O2. The van der Waals surface area contributed by atoms with Crippen molar-refractivity contribution in [2.24, 2.45) is 0 Å². The predicted octanol–water partition coefficient (Wildman–Crippen LogP) is 0.902. The fourth-order valence-electron chi connectivity index (χ4n) is 2.01. The van der Waals surface area contributed by atoms with Crippen molar-refractivity contribution in [1.82, 2.24) is 14.9 Å². The molecular weight excluding hydrogens is 206 g/mol. The first kappa shape index (κ1) is 11.0. The van der Waals surface area contributed by atoms with E-state index in [0.717, 1.165) is 19.5 Å². The van der Waals surface area contributed by atoms with Crippen LogP contribution in [0.4, 0.5) is 0 Å². The first-order valence-corrected chi connectivity index (χ1v) is 5.33. The Bertz CT molecular complexity index is 420. The van der Waals surface area contributed by atoms with E-state index in [2.05, 4.69) is 14.9 Å². The molecule has 0 aromatic carbocycles. The van der Waals surface area contributed by atoms with Gasteiger partial charge in [0.05, 0.1) is 0 Å². The lowest BCUT2D eigenvalue weighted by Gasteiger charge is -2.10. The number of aromatic nitrogens is 2. The molecule has 0 radical (unpaired) electrons. The van der Waals surface area contributed by atoms with E-state index in [0.29, 0.717) is 11.4 Å². The van der Waals surface area contributed by atoms with Crippen LogP contribution in [0.5, 0.6) is 0 Å². The van der Waals surface area contributed by atoms with E-state index in [1.54, 1.807) is 13.1 Å². The summed E-state index contributed by atoms with van der Waals surface area (Å²) in [6.45, 7) is 3.64. The second-order valence-electron chi connectivity index (χ2n) is 4.31. The van der Waals surface area contributed by atoms with Gasteiger partial charge in [0.2, 0.25) is 0 Å². The number of hydrogen-bond acceptors (Lipinski definition) is 4. The number of carboxylic acids is 1. The van der Waals surface area contributed by atoms with Crippen LogP contribution in [0, 0.1) is 6.92 Å². The Hall–Kier alpha value is -1.49. The van der Waals surface area contributed by atoms with Crippen LogP contribution in [-0.4, -0.2) is 46.1 Å². The average Bonchev–Trinajstić information content (AvgIpc) is 2.65. The zero-order valence-corrected chi connectivity index (χ0v) is 9.47. The number of hydrogen-bond donors (Lipinski definition) is 1. The standard InChI is InChI=1S/C11H15N3O2/c1-7-5-12-10(13-9(7)11(15)16)8-3-4-14(2)6-8/h5,8H,3-4,6H2,1-2H3,(H,15,16). The first-order valence-electron chi connectivity index (χ1n) is 5.33. The topological polar surface area (TPSA) is 66.3 Å². The molecule has 0 amide bonds. The maximum absolute atomic E-state index is 11.0. The molecule has 16 heavy (non-hydrogen) atoms. The second kappa shape index (κ2) is 4.17. The highest BCUT2D eigenvalue weighted by Gasteiger charge is 2.24. The Kier molecular flexibility index (Phi) is 2.87. The first-order chi connectivity index (χ1) is 7.58. The summed E-state index contributed by atoms with van der Waals surface area (Å²) in [6, 6.07) is 0. The predicted molar refractivity (Wildman–Crippen MR) is 58.6 cm³/mol. The van der Waals surface area contributed by atoms with E-state index >= 15 is 0 Å². The molecule has 2 rings (SSSR count). The van der Waals surface area contributed by atoms with Gasteiger partial charge >= 0.3 is 5.97 Å². The maximum atomic E-state index is 11.0. The molecule has 1 aromatic rings. The van der Waals surface area contributed by atoms with E-state index in [4.69, 9.17) is 5.11 Å². The van der Waals surface area contributed by atoms with Gasteiger partial charge in [0, 0.05) is 24.2 Å². The lowest BCUT2D eigenvalue weighted by atomic mass is 10.1. The van der Waals surface area contributed by atoms with Crippen LogP contribution in [0.2, 0.25) is 0 Å². The summed E-state index contributed by atoms with van der Waals surface area (Å²) < 4.78 is 0. The van der Waals surface area contributed by atoms with E-state index in [1.165, 1.54) is 0 Å². The van der Waals surface area contributed by atoms with Crippen molar-refractivity contribution in [3.8, 4) is 0 Å². The Balaban J connectivity index is 2.29. The van der Waals surface area contributed by atoms with Crippen molar-refractivity contribution in [1.29, 1.82) is 0 Å². The quantitative estimate of drug-likeness (QED) is 0.803. The molecule has 1 aromatic heterocycles. The van der Waals surface area contributed by atoms with E-state index < -0.39 is 5.97 Å². The van der Waals surface area contributed by atoms with Crippen LogP contribution in [0.15, 0.2) is 6.20 Å². The zero-order valence-electron chi connectivity index (χ0n) is 9.47. The van der Waals surface area contributed by atoms with Gasteiger partial charge in [-0.15, -0.1) is 0 Å². The van der Waals surface area contributed by atoms with Gasteiger partial charge in [-0.05, 0) is 26.9 Å². The summed E-state index contributed by atoms with van der Waals surface area (Å²) in [5.74, 6) is -0.0523. The highest BCUT2D eigenvalue weighted by atomic mass is 16.4. The van der Waals surface area contributed by atoms with Gasteiger partial charge in [-0.2, -0.15) is 0 Å². The molecule has 1 saturated heterocycles. The summed E-state index contributed by atoms with van der Waals surface area (Å²) in [7, 11) is 2.05. The van der Waals surface area contributed by atoms with Crippen LogP contribution < -0.4 is 0 Å². The second-order valence-corrected chi connectivity index (χ2v) is 4.31. The number of likely N-dealkylation sites (N-methyl/N-ethyl adjacent to an activating group) is 1. The third-order valence-corrected chi connectivity index (χ3v) is 2.95. The summed E-state index contributed by atoms with van der Waals surface area (Å²) in [6.07, 6.45) is 2.60. The minimum absolute atomic E-state index is 0.125. The Labute approximate surface area is 94.1 Å². The van der Waals surface area contributed by atoms with Crippen LogP contribution in [-0.2, 0) is 0 Å². The number of rotatable bonds is 2. The van der Waals surface area contributed by atoms with E-state index in [9.17, 15) is 4.79 Å². The molecule has 1 aliphatic rings. The molecule has 5 heteroatoms. The monoisotopic (exact) mass is 221 g/mol. The van der Waals surface area contributed by atoms with E-state index in [-0.39, 0.29) is 11.6 Å². The lowest BCUT2D eigenvalue weighted by molar-refractivity contribution is 0.0689. The van der Waals surface area contributed by atoms with Gasteiger partial charge < -0.3 is 10.0 Å². The van der Waals surface area contributed by atoms with Crippen molar-refractivity contribution in [2.45, 2.75) is 19.3 Å². The summed E-state index contributed by atoms with van der Waals surface area (Å²) in [4.78, 5) is 21.5. The van der Waals surface area contributed by atoms with Crippen molar-refractivity contribution >= 4 is 5.97 Å². The Morgan fingerprint density at radius 3 is 2.94 bits per heavy atom. The van der Waals surface area contributed by atoms with Crippen molar-refractivity contribution in [3.63, 3.8) is 0 Å². The smallest absolute Gasteiger partial charge is 0.354 e. The largest absolute Gasteiger partial charge is 0.477 e. The number of carboxylic acid groups (broad SMARTS) is 1. The van der Waals surface area contributed by atoms with Crippen molar-refractivity contribution in [3.05, 3.63) is 23.3 Å². The molecule has 1 aliphatic heterocycles. The molecule has 0 spiro atoms. The highest BCUT2D eigenvalue weighted by Crippen LogP contribution is 2.23. The molecule has 5 nitrogen and oxygen atoms in total. The fourth-order valence-corrected chi connectivity index (χ4v) is 2.01. The number of carbonyl (C=O) groups is 1. The normalized spacial score (nSPS) is 21.2. The Morgan fingerprint density at radius 2 is 2.38 bits per heavy atom. The van der Waals surface area contributed by atoms with Gasteiger partial charge in [-0.25, -0.2) is 14.8 Å². The maximum Gasteiger partial charge on any atom is 0.354 e. The van der Waals surface area contributed by atoms with Crippen LogP contribution >= 0.6 is 0 Å². The summed E-state index contributed by atoms with van der Waals surface area (Å²) in [5.41, 5.74) is 0.738. The van der Waals surface area contributed by atoms with Crippen LogP contribution in [0.25, 0.3) is 0 Å². The fraction of sp³-hybridized carbons (Fsp3) is 0.545. The minimum Gasteiger partial charge on any atom is -0.477 e. The summed E-state index contributed by atoms with van der Waals surface area (Å²) in [5, 5.41) is 8.98. The van der Waals surface area contributed by atoms with Gasteiger partial charge in [0.1, 0.15) is 5.82 Å². The minimum atomic E-state index is -0.979. The number of aromatic carboxylic acids is 1. The van der Waals surface area contributed by atoms with Crippen molar-refractivity contribution < 1.29 is 9.90 Å². The highest BCUT2D eigenvalue weighted by molar-refractivity contribution is 5.86. The number of nitrogens with zero attached hydrogens (tertiary/aromatic N) is 3. The van der Waals surface area contributed by atoms with Crippen LogP contribution in [0.1, 0.15) is 34.2 Å². The van der Waals surface area contributed by atoms with Crippen molar-refractivity contribution in [2.75, 3.05) is 20.1 Å². The molecule has 0 aliphatic carbocycles. The van der Waals surface area contributed by atoms with Gasteiger partial charge in [-0.1, -0.05) is 0 Å². The summed E-state index contributed by atoms with van der Waals surface area (Å²) >= 11 is 0. The van der Waals surface area contributed by atoms with Crippen LogP contribution in [0.3, 0.4) is 0 Å². The lowest BCUT2D eigenvalue weighted by Crippen LogP contribution is -2.15. The zero-order chi connectivity index (χ0) is 11.7. The SMILES string of the molecule is Cc1cnc(C2CCN(C)C2)nc1C(=O)O. The molecule has 2 heterocycles. The third-order valence-electron chi connectivity index (χ3n) is 2.95. The Morgan fingerprint density at radius 1 is 1.62 bits per heavy atom.